The molecule has 0 bridgehead atoms. The van der Waals surface area contributed by atoms with Crippen LogP contribution < -0.4 is 10.6 Å². The highest BCUT2D eigenvalue weighted by Crippen LogP contribution is 2.47. The van der Waals surface area contributed by atoms with E-state index in [2.05, 4.69) is 145 Å². The molecule has 5 unspecified atom stereocenters. The average molecular weight is 878 g/mol. The van der Waals surface area contributed by atoms with Crippen LogP contribution in [0, 0.1) is 29.1 Å². The lowest BCUT2D eigenvalue weighted by atomic mass is 9.68. The Kier molecular flexibility index (Phi) is 24.0. The summed E-state index contributed by atoms with van der Waals surface area (Å²) in [7, 11) is 10.3. The Balaban J connectivity index is 0.000000422. The van der Waals surface area contributed by atoms with Crippen LogP contribution in [0.25, 0.3) is 10.6 Å². The number of thiazole rings is 1. The number of esters is 1. The van der Waals surface area contributed by atoms with Gasteiger partial charge in [0.25, 0.3) is 0 Å². The standard InChI is InChI=1S/C32H56N2O3.C11H12N2S.C9H19NO/c1-14-16-22(5)28(17-18-36-21(3)4)27(10)30-32(11,19-24(7)33-30)29(15-2)37-31(35)26(9)25(8)23(6)20-34(12)13;1-12-8-9-3-2-4-10(7-9)11-13-5-6-14-11;1-7-5-9(10(3)4)6-8(2)11-7/h17,22-23,26-27,29-30,33H,3,7-8,14-16,18-20H2,1-2,4-6,9-13H3;2-7,12H,8H2,1H3;7-9H,5-6H2,1-4H3/b28-17+;;/t22-,23-,26?,27?,29-,30?,32-;;/m1../s1. The lowest BCUT2D eigenvalue weighted by molar-refractivity contribution is -0.160. The second-order valence-corrected chi connectivity index (χ2v) is 19.7. The molecule has 0 saturated carbocycles. The van der Waals surface area contributed by atoms with E-state index in [0.717, 1.165) is 60.8 Å². The van der Waals surface area contributed by atoms with Crippen molar-refractivity contribution in [2.24, 2.45) is 29.1 Å². The van der Waals surface area contributed by atoms with Gasteiger partial charge in [0.2, 0.25) is 0 Å². The molecule has 2 saturated heterocycles. The summed E-state index contributed by atoms with van der Waals surface area (Å²) in [6.45, 7) is 36.1. The molecule has 9 nitrogen and oxygen atoms in total. The van der Waals surface area contributed by atoms with E-state index in [1.165, 1.54) is 29.5 Å². The minimum absolute atomic E-state index is 0.0966. The quantitative estimate of drug-likeness (QED) is 0.0767. The summed E-state index contributed by atoms with van der Waals surface area (Å²) in [5.74, 6) is 1.05. The third-order valence-corrected chi connectivity index (χ3v) is 13.4. The van der Waals surface area contributed by atoms with Crippen molar-refractivity contribution in [3.8, 4) is 10.6 Å². The van der Waals surface area contributed by atoms with Gasteiger partial charge in [-0.05, 0) is 130 Å². The van der Waals surface area contributed by atoms with Crippen molar-refractivity contribution in [3.05, 3.63) is 89.8 Å². The number of nitrogens with zero attached hydrogens (tertiary/aromatic N) is 3. The molecule has 3 heterocycles. The molecule has 1 aromatic heterocycles. The minimum Gasteiger partial charge on any atom is -0.495 e. The van der Waals surface area contributed by atoms with Crippen molar-refractivity contribution in [1.29, 1.82) is 0 Å². The lowest BCUT2D eigenvalue weighted by Gasteiger charge is -2.42. The molecule has 62 heavy (non-hydrogen) atoms. The molecule has 2 aromatic rings. The van der Waals surface area contributed by atoms with Gasteiger partial charge in [-0.15, -0.1) is 11.3 Å². The van der Waals surface area contributed by atoms with Gasteiger partial charge in [0.15, 0.2) is 0 Å². The summed E-state index contributed by atoms with van der Waals surface area (Å²) >= 11 is 1.67. The molecular weight excluding hydrogens is 791 g/mol. The fourth-order valence-corrected chi connectivity index (χ4v) is 9.91. The second-order valence-electron chi connectivity index (χ2n) is 18.8. The van der Waals surface area contributed by atoms with E-state index in [9.17, 15) is 4.79 Å². The number of carbonyl (C=O) groups is 1. The van der Waals surface area contributed by atoms with Crippen molar-refractivity contribution in [2.75, 3.05) is 48.4 Å². The van der Waals surface area contributed by atoms with Gasteiger partial charge >= 0.3 is 5.97 Å². The Bertz CT molecular complexity index is 1680. The molecule has 2 N–H and O–H groups in total. The van der Waals surface area contributed by atoms with Crippen LogP contribution in [0.1, 0.15) is 113 Å². The van der Waals surface area contributed by atoms with Crippen molar-refractivity contribution < 1.29 is 19.0 Å². The van der Waals surface area contributed by atoms with E-state index in [4.69, 9.17) is 14.2 Å². The third kappa shape index (κ3) is 17.4. The Labute approximate surface area is 382 Å². The van der Waals surface area contributed by atoms with Crippen LogP contribution in [0.15, 0.2) is 84.3 Å². The molecule has 9 atom stereocenters. The summed E-state index contributed by atoms with van der Waals surface area (Å²) in [5, 5.41) is 9.92. The highest BCUT2D eigenvalue weighted by molar-refractivity contribution is 7.13. The molecule has 0 aliphatic carbocycles. The maximum absolute atomic E-state index is 13.4. The zero-order valence-electron chi connectivity index (χ0n) is 41.6. The zero-order valence-corrected chi connectivity index (χ0v) is 42.4. The molecule has 10 heteroatoms. The number of nitrogens with one attached hydrogen (secondary N) is 2. The van der Waals surface area contributed by atoms with Gasteiger partial charge in [-0.3, -0.25) is 4.79 Å². The Hall–Kier alpha value is -3.28. The first kappa shape index (κ1) is 54.9. The van der Waals surface area contributed by atoms with E-state index >= 15 is 0 Å². The molecule has 350 valence electrons. The average Bonchev–Trinajstić information content (AvgIpc) is 3.86. The summed E-state index contributed by atoms with van der Waals surface area (Å²) in [6, 6.07) is 9.28. The molecule has 0 radical (unpaired) electrons. The van der Waals surface area contributed by atoms with E-state index in [1.54, 1.807) is 11.3 Å². The lowest BCUT2D eigenvalue weighted by Crippen LogP contribution is -2.49. The van der Waals surface area contributed by atoms with E-state index in [1.807, 2.05) is 46.6 Å². The highest BCUT2D eigenvalue weighted by atomic mass is 32.1. The van der Waals surface area contributed by atoms with Crippen LogP contribution in [-0.2, 0) is 25.5 Å². The van der Waals surface area contributed by atoms with Crippen molar-refractivity contribution in [2.45, 2.75) is 145 Å². The van der Waals surface area contributed by atoms with Gasteiger partial charge < -0.3 is 34.6 Å². The van der Waals surface area contributed by atoms with Crippen molar-refractivity contribution in [1.82, 2.24) is 25.4 Å². The van der Waals surface area contributed by atoms with Crippen LogP contribution in [0.2, 0.25) is 0 Å². The fraction of sp³-hybridized carbons (Fsp3) is 0.654. The Morgan fingerprint density at radius 1 is 1.10 bits per heavy atom. The maximum Gasteiger partial charge on any atom is 0.313 e. The van der Waals surface area contributed by atoms with E-state index < -0.39 is 0 Å². The highest BCUT2D eigenvalue weighted by Gasteiger charge is 2.50. The van der Waals surface area contributed by atoms with Gasteiger partial charge in [0, 0.05) is 53.4 Å². The van der Waals surface area contributed by atoms with Gasteiger partial charge in [0.05, 0.1) is 23.9 Å². The summed E-state index contributed by atoms with van der Waals surface area (Å²) in [4.78, 5) is 22.1. The number of aromatic nitrogens is 1. The molecular formula is C52H87N5O4S. The van der Waals surface area contributed by atoms with Gasteiger partial charge in [-0.2, -0.15) is 0 Å². The van der Waals surface area contributed by atoms with Gasteiger partial charge in [0.1, 0.15) is 17.7 Å². The topological polar surface area (TPSA) is 88.2 Å². The number of ether oxygens (including phenoxy) is 3. The van der Waals surface area contributed by atoms with Crippen LogP contribution in [-0.4, -0.2) is 99.5 Å². The predicted molar refractivity (Wildman–Crippen MR) is 264 cm³/mol. The minimum atomic E-state index is -0.347. The first-order valence-electron chi connectivity index (χ1n) is 23.1. The molecule has 1 aromatic carbocycles. The van der Waals surface area contributed by atoms with Gasteiger partial charge in [-0.25, -0.2) is 4.98 Å². The molecule has 2 aliphatic heterocycles. The van der Waals surface area contributed by atoms with Gasteiger partial charge in [-0.1, -0.05) is 97.0 Å². The number of hydrogen-bond donors (Lipinski definition) is 2. The van der Waals surface area contributed by atoms with Crippen molar-refractivity contribution >= 4 is 17.3 Å². The summed E-state index contributed by atoms with van der Waals surface area (Å²) in [6.07, 6.45) is 10.8. The van der Waals surface area contributed by atoms with E-state index in [-0.39, 0.29) is 41.3 Å². The number of hydrogen-bond acceptors (Lipinski definition) is 10. The molecule has 0 spiro atoms. The largest absolute Gasteiger partial charge is 0.495 e. The predicted octanol–water partition coefficient (Wildman–Crippen LogP) is 11.2. The SMILES string of the molecule is C=C1C[C@](C)([C@@H](CC)OC(=O)C(C)C(=C)[C@H](C)CN(C)C)C(C(C)/C(=C/COC(=C)C)[C@H](C)CCC)N1.CC1CC(N(C)C)CC(C)O1.CNCc1cccc(-c2nccs2)c1. The molecule has 2 fully saturated rings. The van der Waals surface area contributed by atoms with Crippen LogP contribution in [0.4, 0.5) is 0 Å². The normalized spacial score (nSPS) is 23.8. The zero-order chi connectivity index (χ0) is 46.7. The second kappa shape index (κ2) is 27.1. The van der Waals surface area contributed by atoms with Crippen LogP contribution in [0.3, 0.4) is 0 Å². The molecule has 4 rings (SSSR count). The first-order valence-corrected chi connectivity index (χ1v) is 24.0. The third-order valence-electron chi connectivity index (χ3n) is 12.6. The number of carbonyl (C=O) groups excluding carboxylic acids is 1. The number of benzene rings is 1. The first-order chi connectivity index (χ1) is 29.2. The fourth-order valence-electron chi connectivity index (χ4n) is 9.27. The molecule has 2 aliphatic rings. The summed E-state index contributed by atoms with van der Waals surface area (Å²) < 4.78 is 17.7. The number of allylic oxidation sites excluding steroid dienone is 2. The van der Waals surface area contributed by atoms with E-state index in [0.29, 0.717) is 30.8 Å². The van der Waals surface area contributed by atoms with Crippen LogP contribution in [0.5, 0.6) is 0 Å². The number of rotatable bonds is 20. The molecule has 0 amide bonds. The maximum atomic E-state index is 13.4. The monoisotopic (exact) mass is 878 g/mol. The summed E-state index contributed by atoms with van der Waals surface area (Å²) in [5.41, 5.74) is 5.52. The van der Waals surface area contributed by atoms with Crippen molar-refractivity contribution in [3.63, 3.8) is 0 Å². The smallest absolute Gasteiger partial charge is 0.313 e. The Morgan fingerprint density at radius 3 is 2.29 bits per heavy atom. The Morgan fingerprint density at radius 2 is 1.76 bits per heavy atom. The van der Waals surface area contributed by atoms with Crippen LogP contribution >= 0.6 is 11.3 Å².